The molecule has 4 N–H and O–H groups in total. The Hall–Kier alpha value is -2.38. The highest BCUT2D eigenvalue weighted by atomic mass is 32.2. The number of benzene rings is 2. The molecule has 6 nitrogen and oxygen atoms in total. The second-order valence-electron chi connectivity index (χ2n) is 4.41. The highest BCUT2D eigenvalue weighted by molar-refractivity contribution is 7.89. The van der Waals surface area contributed by atoms with Gasteiger partial charge < -0.3 is 5.73 Å². The maximum atomic E-state index is 11.2. The van der Waals surface area contributed by atoms with Crippen LogP contribution in [0.5, 0.6) is 0 Å². The molecule has 1 aromatic heterocycles. The Morgan fingerprint density at radius 1 is 1.05 bits per heavy atom. The number of anilines is 1. The van der Waals surface area contributed by atoms with Gasteiger partial charge in [-0.15, -0.1) is 0 Å². The predicted octanol–water partition coefficient (Wildman–Crippen LogP) is 1.26. The number of hydrogen-bond acceptors (Lipinski definition) is 4. The second-order valence-corrected chi connectivity index (χ2v) is 5.97. The van der Waals surface area contributed by atoms with Gasteiger partial charge in [-0.2, -0.15) is 5.10 Å². The molecule has 0 amide bonds. The maximum Gasteiger partial charge on any atom is 0.238 e. The largest absolute Gasteiger partial charge is 0.399 e. The van der Waals surface area contributed by atoms with Crippen molar-refractivity contribution in [2.75, 3.05) is 5.73 Å². The summed E-state index contributed by atoms with van der Waals surface area (Å²) >= 11 is 0. The maximum absolute atomic E-state index is 11.2. The molecule has 102 valence electrons. The molecule has 0 unspecified atom stereocenters. The first-order valence-electron chi connectivity index (χ1n) is 5.82. The van der Waals surface area contributed by atoms with Gasteiger partial charge >= 0.3 is 0 Å². The summed E-state index contributed by atoms with van der Waals surface area (Å²) in [5.74, 6) is 0. The van der Waals surface area contributed by atoms with Crippen LogP contribution >= 0.6 is 0 Å². The molecule has 0 saturated carbocycles. The minimum absolute atomic E-state index is 0.0669. The van der Waals surface area contributed by atoms with E-state index in [4.69, 9.17) is 10.9 Å². The molecular formula is C13H12N4O2S. The lowest BCUT2D eigenvalue weighted by Crippen LogP contribution is -2.12. The summed E-state index contributed by atoms with van der Waals surface area (Å²) in [5.41, 5.74) is 8.00. The average Bonchev–Trinajstić information content (AvgIpc) is 2.81. The normalized spacial score (nSPS) is 11.8. The number of nitrogens with zero attached hydrogens (tertiary/aromatic N) is 2. The standard InChI is InChI=1S/C13H12N4O2S/c14-10-2-1-9-8-16-17(13(9)7-10)11-3-5-12(6-4-11)20(15,18)19/h1-8H,14H2,(H2,15,18,19). The fourth-order valence-corrected chi connectivity index (χ4v) is 2.53. The number of fused-ring (bicyclic) bond motifs is 1. The molecule has 0 bridgehead atoms. The van der Waals surface area contributed by atoms with E-state index in [1.165, 1.54) is 12.1 Å². The molecule has 0 aliphatic heterocycles. The minimum atomic E-state index is -3.69. The lowest BCUT2D eigenvalue weighted by Gasteiger charge is -2.05. The Morgan fingerprint density at radius 2 is 1.75 bits per heavy atom. The smallest absolute Gasteiger partial charge is 0.238 e. The monoisotopic (exact) mass is 288 g/mol. The third-order valence-corrected chi connectivity index (χ3v) is 3.93. The molecule has 7 heteroatoms. The molecule has 0 radical (unpaired) electrons. The molecule has 1 heterocycles. The number of sulfonamides is 1. The Kier molecular flexibility index (Phi) is 2.73. The first-order valence-corrected chi connectivity index (χ1v) is 7.36. The van der Waals surface area contributed by atoms with Crippen LogP contribution in [0.15, 0.2) is 53.6 Å². The summed E-state index contributed by atoms with van der Waals surface area (Å²) < 4.78 is 24.1. The number of aromatic nitrogens is 2. The van der Waals surface area contributed by atoms with E-state index < -0.39 is 10.0 Å². The quantitative estimate of drug-likeness (QED) is 0.692. The van der Waals surface area contributed by atoms with Gasteiger partial charge in [0.25, 0.3) is 0 Å². The summed E-state index contributed by atoms with van der Waals surface area (Å²) in [5, 5.41) is 10.3. The van der Waals surface area contributed by atoms with Crippen LogP contribution in [-0.2, 0) is 10.0 Å². The van der Waals surface area contributed by atoms with E-state index in [1.807, 2.05) is 12.1 Å². The molecule has 0 fully saturated rings. The van der Waals surface area contributed by atoms with E-state index in [2.05, 4.69) is 5.10 Å². The van der Waals surface area contributed by atoms with Gasteiger partial charge in [0.15, 0.2) is 0 Å². The fraction of sp³-hybridized carbons (Fsp3) is 0. The van der Waals surface area contributed by atoms with E-state index in [0.717, 1.165) is 16.6 Å². The van der Waals surface area contributed by atoms with Crippen LogP contribution in [0.3, 0.4) is 0 Å². The van der Waals surface area contributed by atoms with Crippen molar-refractivity contribution in [2.24, 2.45) is 5.14 Å². The van der Waals surface area contributed by atoms with Crippen LogP contribution in [-0.4, -0.2) is 18.2 Å². The molecule has 0 atom stereocenters. The van der Waals surface area contributed by atoms with E-state index in [0.29, 0.717) is 5.69 Å². The van der Waals surface area contributed by atoms with Crippen molar-refractivity contribution in [1.82, 2.24) is 9.78 Å². The van der Waals surface area contributed by atoms with Gasteiger partial charge in [0.1, 0.15) is 0 Å². The Morgan fingerprint density at radius 3 is 2.40 bits per heavy atom. The number of primary sulfonamides is 1. The van der Waals surface area contributed by atoms with Crippen LogP contribution in [0, 0.1) is 0 Å². The summed E-state index contributed by atoms with van der Waals surface area (Å²) in [6.07, 6.45) is 1.72. The van der Waals surface area contributed by atoms with Crippen LogP contribution in [0.4, 0.5) is 5.69 Å². The summed E-state index contributed by atoms with van der Waals surface area (Å²) in [7, 11) is -3.69. The molecule has 0 aliphatic carbocycles. The second kappa shape index (κ2) is 4.32. The summed E-state index contributed by atoms with van der Waals surface area (Å²) in [4.78, 5) is 0.0669. The van der Waals surface area contributed by atoms with Crippen LogP contribution in [0.1, 0.15) is 0 Å². The molecule has 0 spiro atoms. The lowest BCUT2D eigenvalue weighted by molar-refractivity contribution is 0.598. The predicted molar refractivity (Wildman–Crippen MR) is 76.9 cm³/mol. The Labute approximate surface area is 115 Å². The van der Waals surface area contributed by atoms with Gasteiger partial charge in [0, 0.05) is 11.1 Å². The van der Waals surface area contributed by atoms with Crippen LogP contribution < -0.4 is 10.9 Å². The zero-order chi connectivity index (χ0) is 14.3. The lowest BCUT2D eigenvalue weighted by atomic mass is 10.2. The number of nitrogens with two attached hydrogens (primary N) is 2. The van der Waals surface area contributed by atoms with E-state index >= 15 is 0 Å². The van der Waals surface area contributed by atoms with E-state index in [1.54, 1.807) is 29.1 Å². The Bertz CT molecular complexity index is 882. The van der Waals surface area contributed by atoms with Crippen molar-refractivity contribution < 1.29 is 8.42 Å². The molecule has 3 aromatic rings. The van der Waals surface area contributed by atoms with Gasteiger partial charge in [0.05, 0.1) is 22.3 Å². The van der Waals surface area contributed by atoms with Crippen LogP contribution in [0.2, 0.25) is 0 Å². The Balaban J connectivity index is 2.14. The summed E-state index contributed by atoms with van der Waals surface area (Å²) in [6, 6.07) is 11.7. The van der Waals surface area contributed by atoms with Gasteiger partial charge in [-0.3, -0.25) is 0 Å². The summed E-state index contributed by atoms with van der Waals surface area (Å²) in [6.45, 7) is 0. The first-order chi connectivity index (χ1) is 9.45. The van der Waals surface area contributed by atoms with Crippen LogP contribution in [0.25, 0.3) is 16.6 Å². The molecular weight excluding hydrogens is 276 g/mol. The van der Waals surface area contributed by atoms with Crippen molar-refractivity contribution in [2.45, 2.75) is 4.90 Å². The average molecular weight is 288 g/mol. The van der Waals surface area contributed by atoms with Crippen molar-refractivity contribution in [3.63, 3.8) is 0 Å². The highest BCUT2D eigenvalue weighted by Crippen LogP contribution is 2.21. The molecule has 2 aromatic carbocycles. The number of rotatable bonds is 2. The topological polar surface area (TPSA) is 104 Å². The zero-order valence-corrected chi connectivity index (χ0v) is 11.2. The first kappa shape index (κ1) is 12.6. The SMILES string of the molecule is Nc1ccc2cnn(-c3ccc(S(N)(=O)=O)cc3)c2c1. The number of hydrogen-bond donors (Lipinski definition) is 2. The van der Waals surface area contributed by atoms with Crippen molar-refractivity contribution in [3.8, 4) is 5.69 Å². The zero-order valence-electron chi connectivity index (χ0n) is 10.4. The molecule has 0 saturated heterocycles. The molecule has 0 aliphatic rings. The van der Waals surface area contributed by atoms with Crippen molar-refractivity contribution in [3.05, 3.63) is 48.7 Å². The minimum Gasteiger partial charge on any atom is -0.399 e. The van der Waals surface area contributed by atoms with Gasteiger partial charge in [-0.25, -0.2) is 18.2 Å². The third-order valence-electron chi connectivity index (χ3n) is 3.00. The van der Waals surface area contributed by atoms with Crippen molar-refractivity contribution in [1.29, 1.82) is 0 Å². The van der Waals surface area contributed by atoms with E-state index in [9.17, 15) is 8.42 Å². The van der Waals surface area contributed by atoms with Gasteiger partial charge in [-0.1, -0.05) is 0 Å². The third kappa shape index (κ3) is 2.13. The van der Waals surface area contributed by atoms with Gasteiger partial charge in [-0.05, 0) is 42.5 Å². The van der Waals surface area contributed by atoms with Crippen molar-refractivity contribution >= 4 is 26.6 Å². The van der Waals surface area contributed by atoms with Gasteiger partial charge in [0.2, 0.25) is 10.0 Å². The molecule has 20 heavy (non-hydrogen) atoms. The number of nitrogen functional groups attached to an aromatic ring is 1. The highest BCUT2D eigenvalue weighted by Gasteiger charge is 2.09. The molecule has 3 rings (SSSR count). The fourth-order valence-electron chi connectivity index (χ4n) is 2.02. The van der Waals surface area contributed by atoms with E-state index in [-0.39, 0.29) is 4.90 Å².